The summed E-state index contributed by atoms with van der Waals surface area (Å²) in [5, 5.41) is 0.582. The summed E-state index contributed by atoms with van der Waals surface area (Å²) in [6.45, 7) is 5.59. The van der Waals surface area contributed by atoms with Gasteiger partial charge in [-0.05, 0) is 49.2 Å². The molecule has 144 valence electrons. The van der Waals surface area contributed by atoms with Crippen LogP contribution in [0.3, 0.4) is 0 Å². The summed E-state index contributed by atoms with van der Waals surface area (Å²) >= 11 is 5.97. The smallest absolute Gasteiger partial charge is 0.263 e. The van der Waals surface area contributed by atoms with Gasteiger partial charge in [-0.15, -0.1) is 0 Å². The fourth-order valence-corrected chi connectivity index (χ4v) is 3.43. The van der Waals surface area contributed by atoms with Crippen molar-refractivity contribution >= 4 is 17.5 Å². The maximum absolute atomic E-state index is 13.0. The minimum atomic E-state index is -0.563. The van der Waals surface area contributed by atoms with Gasteiger partial charge in [0, 0.05) is 37.7 Å². The zero-order chi connectivity index (χ0) is 19.2. The number of rotatable bonds is 5. The SMILES string of the molecule is CC(Oc1cccc(Cl)c1)C(=O)N1CCCN(Cc2ccc(F)cc2)CC1. The summed E-state index contributed by atoms with van der Waals surface area (Å²) in [6.07, 6.45) is 0.337. The van der Waals surface area contributed by atoms with Crippen molar-refractivity contribution in [2.45, 2.75) is 26.0 Å². The molecule has 0 spiro atoms. The van der Waals surface area contributed by atoms with E-state index in [9.17, 15) is 9.18 Å². The zero-order valence-electron chi connectivity index (χ0n) is 15.4. The molecule has 4 nitrogen and oxygen atoms in total. The van der Waals surface area contributed by atoms with Gasteiger partial charge in [-0.3, -0.25) is 9.69 Å². The Morgan fingerprint density at radius 2 is 1.93 bits per heavy atom. The average molecular weight is 391 g/mol. The van der Waals surface area contributed by atoms with Gasteiger partial charge in [-0.1, -0.05) is 29.8 Å². The normalized spacial score (nSPS) is 16.6. The molecule has 1 saturated heterocycles. The molecule has 0 bridgehead atoms. The Labute approximate surface area is 164 Å². The molecule has 1 atom stereocenters. The molecule has 0 saturated carbocycles. The number of benzene rings is 2. The number of hydrogen-bond acceptors (Lipinski definition) is 3. The van der Waals surface area contributed by atoms with Gasteiger partial charge in [0.25, 0.3) is 5.91 Å². The standard InChI is InChI=1S/C21H24ClFN2O2/c1-16(27-20-5-2-4-18(22)14-20)21(26)25-11-3-10-24(12-13-25)15-17-6-8-19(23)9-7-17/h2,4-9,14,16H,3,10-13,15H2,1H3. The molecule has 27 heavy (non-hydrogen) atoms. The molecule has 1 amide bonds. The van der Waals surface area contributed by atoms with E-state index in [0.29, 0.717) is 23.9 Å². The molecule has 0 N–H and O–H groups in total. The van der Waals surface area contributed by atoms with E-state index in [4.69, 9.17) is 16.3 Å². The molecule has 2 aromatic rings. The van der Waals surface area contributed by atoms with Crippen molar-refractivity contribution in [1.82, 2.24) is 9.80 Å². The number of carbonyl (C=O) groups excluding carboxylic acids is 1. The fraction of sp³-hybridized carbons (Fsp3) is 0.381. The summed E-state index contributed by atoms with van der Waals surface area (Å²) in [7, 11) is 0. The van der Waals surface area contributed by atoms with Gasteiger partial charge in [-0.2, -0.15) is 0 Å². The van der Waals surface area contributed by atoms with Crippen molar-refractivity contribution in [3.63, 3.8) is 0 Å². The Morgan fingerprint density at radius 3 is 2.67 bits per heavy atom. The van der Waals surface area contributed by atoms with Gasteiger partial charge in [0.15, 0.2) is 6.10 Å². The first-order valence-corrected chi connectivity index (χ1v) is 9.57. The summed E-state index contributed by atoms with van der Waals surface area (Å²) in [5.74, 6) is 0.356. The van der Waals surface area contributed by atoms with Crippen LogP contribution in [0.4, 0.5) is 4.39 Å². The number of ether oxygens (including phenoxy) is 1. The number of halogens is 2. The highest BCUT2D eigenvalue weighted by molar-refractivity contribution is 6.30. The molecule has 6 heteroatoms. The Bertz CT molecular complexity index is 769. The Hall–Kier alpha value is -2.11. The fourth-order valence-electron chi connectivity index (χ4n) is 3.25. The Kier molecular flexibility index (Phi) is 6.69. The third kappa shape index (κ3) is 5.68. The average Bonchev–Trinajstić information content (AvgIpc) is 2.88. The molecule has 1 fully saturated rings. The monoisotopic (exact) mass is 390 g/mol. The molecule has 1 aliphatic heterocycles. The minimum absolute atomic E-state index is 0.0152. The van der Waals surface area contributed by atoms with E-state index in [1.54, 1.807) is 31.2 Å². The molecule has 3 rings (SSSR count). The number of nitrogens with zero attached hydrogens (tertiary/aromatic N) is 2. The Morgan fingerprint density at radius 1 is 1.15 bits per heavy atom. The van der Waals surface area contributed by atoms with Gasteiger partial charge in [0.1, 0.15) is 11.6 Å². The van der Waals surface area contributed by atoms with Gasteiger partial charge >= 0.3 is 0 Å². The van der Waals surface area contributed by atoms with Crippen molar-refractivity contribution in [1.29, 1.82) is 0 Å². The molecule has 0 aliphatic carbocycles. The van der Waals surface area contributed by atoms with Crippen molar-refractivity contribution in [3.8, 4) is 5.75 Å². The predicted molar refractivity (Wildman–Crippen MR) is 104 cm³/mol. The van der Waals surface area contributed by atoms with Crippen LogP contribution in [0.25, 0.3) is 0 Å². The van der Waals surface area contributed by atoms with Crippen molar-refractivity contribution in [2.75, 3.05) is 26.2 Å². The molecular formula is C21H24ClFN2O2. The first kappa shape index (κ1) is 19.6. The Balaban J connectivity index is 1.53. The topological polar surface area (TPSA) is 32.8 Å². The lowest BCUT2D eigenvalue weighted by molar-refractivity contribution is -0.137. The highest BCUT2D eigenvalue weighted by atomic mass is 35.5. The van der Waals surface area contributed by atoms with Gasteiger partial charge in [-0.25, -0.2) is 4.39 Å². The van der Waals surface area contributed by atoms with Crippen molar-refractivity contribution in [3.05, 3.63) is 64.9 Å². The van der Waals surface area contributed by atoms with Crippen LogP contribution in [0.1, 0.15) is 18.9 Å². The second-order valence-corrected chi connectivity index (χ2v) is 7.24. The van der Waals surface area contributed by atoms with Crippen LogP contribution in [-0.2, 0) is 11.3 Å². The third-order valence-corrected chi connectivity index (χ3v) is 4.91. The van der Waals surface area contributed by atoms with Gasteiger partial charge < -0.3 is 9.64 Å². The number of carbonyl (C=O) groups is 1. The minimum Gasteiger partial charge on any atom is -0.481 e. The summed E-state index contributed by atoms with van der Waals surface area (Å²) in [4.78, 5) is 16.9. The largest absolute Gasteiger partial charge is 0.481 e. The van der Waals surface area contributed by atoms with Crippen LogP contribution >= 0.6 is 11.6 Å². The second kappa shape index (κ2) is 9.20. The van der Waals surface area contributed by atoms with Crippen LogP contribution in [-0.4, -0.2) is 48.0 Å². The highest BCUT2D eigenvalue weighted by Gasteiger charge is 2.24. The van der Waals surface area contributed by atoms with Crippen LogP contribution < -0.4 is 4.74 Å². The van der Waals surface area contributed by atoms with E-state index < -0.39 is 6.10 Å². The lowest BCUT2D eigenvalue weighted by Gasteiger charge is -2.25. The van der Waals surface area contributed by atoms with Crippen LogP contribution in [0, 0.1) is 5.82 Å². The first-order chi connectivity index (χ1) is 13.0. The maximum atomic E-state index is 13.0. The van der Waals surface area contributed by atoms with E-state index >= 15 is 0 Å². The summed E-state index contributed by atoms with van der Waals surface area (Å²) < 4.78 is 18.8. The van der Waals surface area contributed by atoms with E-state index in [-0.39, 0.29) is 11.7 Å². The number of amides is 1. The lowest BCUT2D eigenvalue weighted by Crippen LogP contribution is -2.42. The van der Waals surface area contributed by atoms with E-state index in [1.165, 1.54) is 12.1 Å². The van der Waals surface area contributed by atoms with Gasteiger partial charge in [0.05, 0.1) is 0 Å². The van der Waals surface area contributed by atoms with Crippen molar-refractivity contribution < 1.29 is 13.9 Å². The lowest BCUT2D eigenvalue weighted by atomic mass is 10.2. The first-order valence-electron chi connectivity index (χ1n) is 9.19. The molecule has 1 heterocycles. The van der Waals surface area contributed by atoms with Crippen LogP contribution in [0.2, 0.25) is 5.02 Å². The molecule has 0 radical (unpaired) electrons. The number of hydrogen-bond donors (Lipinski definition) is 0. The molecular weight excluding hydrogens is 367 g/mol. The molecule has 2 aromatic carbocycles. The van der Waals surface area contributed by atoms with Gasteiger partial charge in [0.2, 0.25) is 0 Å². The third-order valence-electron chi connectivity index (χ3n) is 4.68. The quantitative estimate of drug-likeness (QED) is 0.774. The highest BCUT2D eigenvalue weighted by Crippen LogP contribution is 2.19. The van der Waals surface area contributed by atoms with E-state index in [1.807, 2.05) is 17.0 Å². The second-order valence-electron chi connectivity index (χ2n) is 6.80. The zero-order valence-corrected chi connectivity index (χ0v) is 16.2. The van der Waals surface area contributed by atoms with E-state index in [2.05, 4.69) is 4.90 Å². The molecule has 1 unspecified atom stereocenters. The maximum Gasteiger partial charge on any atom is 0.263 e. The summed E-state index contributed by atoms with van der Waals surface area (Å²) in [6, 6.07) is 13.7. The van der Waals surface area contributed by atoms with Crippen LogP contribution in [0.15, 0.2) is 48.5 Å². The van der Waals surface area contributed by atoms with E-state index in [0.717, 1.165) is 31.6 Å². The predicted octanol–water partition coefficient (Wildman–Crippen LogP) is 3.98. The van der Waals surface area contributed by atoms with Crippen LogP contribution in [0.5, 0.6) is 5.75 Å². The molecule has 1 aliphatic rings. The van der Waals surface area contributed by atoms with Crippen molar-refractivity contribution in [2.24, 2.45) is 0 Å². The summed E-state index contributed by atoms with van der Waals surface area (Å²) in [5.41, 5.74) is 1.08. The molecule has 0 aromatic heterocycles.